The molecule has 1 amide bonds. The quantitative estimate of drug-likeness (QED) is 0.720. The van der Waals surface area contributed by atoms with Gasteiger partial charge < -0.3 is 21.7 Å². The Morgan fingerprint density at radius 2 is 1.79 bits per heavy atom. The van der Waals surface area contributed by atoms with Crippen molar-refractivity contribution in [2.45, 2.75) is 12.8 Å². The molecule has 0 aromatic heterocycles. The number of thiocarbonyl (C=S) groups is 1. The molecular formula is C13H18N4OS. The topological polar surface area (TPSA) is 84.4 Å². The van der Waals surface area contributed by atoms with Crippen LogP contribution in [0.5, 0.6) is 0 Å². The molecule has 102 valence electrons. The highest BCUT2D eigenvalue weighted by atomic mass is 32.1. The summed E-state index contributed by atoms with van der Waals surface area (Å²) in [6.07, 6.45) is 1.64. The number of hydrogen-bond acceptors (Lipinski definition) is 3. The number of carbonyl (C=O) groups is 1. The maximum absolute atomic E-state index is 11.1. The highest BCUT2D eigenvalue weighted by Crippen LogP contribution is 2.24. The Morgan fingerprint density at radius 3 is 2.26 bits per heavy atom. The fraction of sp³-hybridized carbons (Fsp3) is 0.385. The zero-order chi connectivity index (χ0) is 13.8. The van der Waals surface area contributed by atoms with Gasteiger partial charge in [0.15, 0.2) is 5.11 Å². The zero-order valence-corrected chi connectivity index (χ0v) is 11.5. The van der Waals surface area contributed by atoms with Crippen molar-refractivity contribution in [2.24, 2.45) is 17.4 Å². The van der Waals surface area contributed by atoms with Crippen LogP contribution in [0.1, 0.15) is 12.8 Å². The minimum Gasteiger partial charge on any atom is -0.376 e. The second-order valence-electron chi connectivity index (χ2n) is 4.70. The van der Waals surface area contributed by atoms with Gasteiger partial charge in [0.25, 0.3) is 0 Å². The molecule has 2 rings (SSSR count). The van der Waals surface area contributed by atoms with Gasteiger partial charge >= 0.3 is 0 Å². The van der Waals surface area contributed by atoms with Gasteiger partial charge in [0.05, 0.1) is 0 Å². The number of amides is 1. The van der Waals surface area contributed by atoms with E-state index in [1.165, 1.54) is 0 Å². The number of nitrogens with two attached hydrogens (primary N) is 2. The Labute approximate surface area is 117 Å². The van der Waals surface area contributed by atoms with E-state index in [1.807, 2.05) is 24.3 Å². The van der Waals surface area contributed by atoms with Gasteiger partial charge in [-0.25, -0.2) is 0 Å². The second-order valence-corrected chi connectivity index (χ2v) is 5.14. The van der Waals surface area contributed by atoms with Crippen LogP contribution in [0.25, 0.3) is 0 Å². The minimum atomic E-state index is -0.185. The number of piperidine rings is 1. The number of anilines is 2. The second kappa shape index (κ2) is 5.88. The van der Waals surface area contributed by atoms with Gasteiger partial charge in [-0.3, -0.25) is 4.79 Å². The van der Waals surface area contributed by atoms with Crippen molar-refractivity contribution in [3.05, 3.63) is 24.3 Å². The molecule has 5 nitrogen and oxygen atoms in total. The van der Waals surface area contributed by atoms with E-state index in [2.05, 4.69) is 10.2 Å². The summed E-state index contributed by atoms with van der Waals surface area (Å²) >= 11 is 4.79. The van der Waals surface area contributed by atoms with Crippen LogP contribution in [-0.4, -0.2) is 24.1 Å². The average molecular weight is 278 g/mol. The van der Waals surface area contributed by atoms with Crippen molar-refractivity contribution in [2.75, 3.05) is 23.3 Å². The molecule has 1 aliphatic heterocycles. The van der Waals surface area contributed by atoms with Crippen LogP contribution in [-0.2, 0) is 4.79 Å². The first-order chi connectivity index (χ1) is 9.06. The highest BCUT2D eigenvalue weighted by Gasteiger charge is 2.23. The van der Waals surface area contributed by atoms with Crippen LogP contribution in [0.4, 0.5) is 11.4 Å². The minimum absolute atomic E-state index is 0.0202. The van der Waals surface area contributed by atoms with Crippen molar-refractivity contribution in [3.63, 3.8) is 0 Å². The van der Waals surface area contributed by atoms with Crippen molar-refractivity contribution in [1.29, 1.82) is 0 Å². The molecule has 1 aromatic rings. The van der Waals surface area contributed by atoms with Crippen LogP contribution in [0, 0.1) is 5.92 Å². The number of nitrogens with one attached hydrogen (secondary N) is 1. The van der Waals surface area contributed by atoms with E-state index < -0.39 is 0 Å². The summed E-state index contributed by atoms with van der Waals surface area (Å²) in [6, 6.07) is 7.92. The number of rotatable bonds is 3. The lowest BCUT2D eigenvalue weighted by molar-refractivity contribution is -0.122. The summed E-state index contributed by atoms with van der Waals surface area (Å²) in [5, 5.41) is 3.15. The van der Waals surface area contributed by atoms with E-state index in [0.717, 1.165) is 37.3 Å². The highest BCUT2D eigenvalue weighted by molar-refractivity contribution is 7.80. The Hall–Kier alpha value is -1.82. The third kappa shape index (κ3) is 3.57. The smallest absolute Gasteiger partial charge is 0.220 e. The molecule has 0 radical (unpaired) electrons. The first kappa shape index (κ1) is 13.6. The molecule has 0 unspecified atom stereocenters. The molecule has 0 saturated carbocycles. The summed E-state index contributed by atoms with van der Waals surface area (Å²) in [6.45, 7) is 1.71. The summed E-state index contributed by atoms with van der Waals surface area (Å²) < 4.78 is 0. The van der Waals surface area contributed by atoms with Crippen molar-refractivity contribution in [3.8, 4) is 0 Å². The molecule has 1 aliphatic rings. The maximum Gasteiger partial charge on any atom is 0.220 e. The molecule has 1 saturated heterocycles. The van der Waals surface area contributed by atoms with Gasteiger partial charge in [-0.1, -0.05) is 0 Å². The third-order valence-corrected chi connectivity index (χ3v) is 3.50. The SMILES string of the molecule is NC(=O)C1CCN(c2ccc(NC(N)=S)cc2)CC1. The number of hydrogen-bond donors (Lipinski definition) is 3. The molecule has 1 fully saturated rings. The standard InChI is InChI=1S/C13H18N4OS/c14-12(18)9-5-7-17(8-6-9)11-3-1-10(2-4-11)16-13(15)19/h1-4,9H,5-8H2,(H2,14,18)(H3,15,16,19). The van der Waals surface area contributed by atoms with Gasteiger partial charge in [0, 0.05) is 30.4 Å². The van der Waals surface area contributed by atoms with Gasteiger partial charge in [-0.05, 0) is 49.3 Å². The monoisotopic (exact) mass is 278 g/mol. The third-order valence-electron chi connectivity index (χ3n) is 3.40. The average Bonchev–Trinajstić information content (AvgIpc) is 2.39. The van der Waals surface area contributed by atoms with Gasteiger partial charge in [0.1, 0.15) is 0 Å². The summed E-state index contributed by atoms with van der Waals surface area (Å²) in [4.78, 5) is 13.4. The molecule has 0 spiro atoms. The molecule has 0 aliphatic carbocycles. The molecule has 6 heteroatoms. The first-order valence-corrected chi connectivity index (χ1v) is 6.68. The number of nitrogens with zero attached hydrogens (tertiary/aromatic N) is 1. The van der Waals surface area contributed by atoms with Gasteiger partial charge in [-0.2, -0.15) is 0 Å². The predicted octanol–water partition coefficient (Wildman–Crippen LogP) is 1.04. The lowest BCUT2D eigenvalue weighted by atomic mass is 9.96. The first-order valence-electron chi connectivity index (χ1n) is 6.27. The van der Waals surface area contributed by atoms with Crippen molar-refractivity contribution in [1.82, 2.24) is 0 Å². The molecule has 1 aromatic carbocycles. The Morgan fingerprint density at radius 1 is 1.21 bits per heavy atom. The summed E-state index contributed by atoms with van der Waals surface area (Å²) in [5.74, 6) is -0.164. The van der Waals surface area contributed by atoms with Crippen LogP contribution in [0.15, 0.2) is 24.3 Å². The number of carbonyl (C=O) groups excluding carboxylic acids is 1. The van der Waals surface area contributed by atoms with Crippen LogP contribution in [0.2, 0.25) is 0 Å². The lowest BCUT2D eigenvalue weighted by Crippen LogP contribution is -2.38. The normalized spacial score (nSPS) is 16.1. The molecule has 0 bridgehead atoms. The van der Waals surface area contributed by atoms with Crippen LogP contribution >= 0.6 is 12.2 Å². The predicted molar refractivity (Wildman–Crippen MR) is 81.0 cm³/mol. The number of primary amides is 1. The molecule has 5 N–H and O–H groups in total. The van der Waals surface area contributed by atoms with E-state index in [9.17, 15) is 4.79 Å². The van der Waals surface area contributed by atoms with Crippen LogP contribution < -0.4 is 21.7 Å². The van der Waals surface area contributed by atoms with Crippen molar-refractivity contribution < 1.29 is 4.79 Å². The Kier molecular flexibility index (Phi) is 4.21. The maximum atomic E-state index is 11.1. The van der Waals surface area contributed by atoms with E-state index in [0.29, 0.717) is 0 Å². The number of benzene rings is 1. The fourth-order valence-corrected chi connectivity index (χ4v) is 2.44. The summed E-state index contributed by atoms with van der Waals surface area (Å²) in [7, 11) is 0. The van der Waals surface area contributed by atoms with E-state index in [4.69, 9.17) is 23.7 Å². The fourth-order valence-electron chi connectivity index (χ4n) is 2.32. The van der Waals surface area contributed by atoms with E-state index >= 15 is 0 Å². The van der Waals surface area contributed by atoms with Gasteiger partial charge in [-0.15, -0.1) is 0 Å². The molecule has 0 atom stereocenters. The zero-order valence-electron chi connectivity index (χ0n) is 10.6. The summed E-state index contributed by atoms with van der Waals surface area (Å²) in [5.41, 5.74) is 12.8. The Bertz CT molecular complexity index is 466. The van der Waals surface area contributed by atoms with E-state index in [1.54, 1.807) is 0 Å². The Balaban J connectivity index is 1.96. The molecule has 1 heterocycles. The van der Waals surface area contributed by atoms with Crippen LogP contribution in [0.3, 0.4) is 0 Å². The van der Waals surface area contributed by atoms with Gasteiger partial charge in [0.2, 0.25) is 5.91 Å². The molecular weight excluding hydrogens is 260 g/mol. The van der Waals surface area contributed by atoms with E-state index in [-0.39, 0.29) is 16.9 Å². The largest absolute Gasteiger partial charge is 0.376 e. The lowest BCUT2D eigenvalue weighted by Gasteiger charge is -2.32. The molecule has 19 heavy (non-hydrogen) atoms. The van der Waals surface area contributed by atoms with Crippen molar-refractivity contribution >= 4 is 34.6 Å².